The lowest BCUT2D eigenvalue weighted by atomic mass is 10.2. The number of nitrogens with zero attached hydrogens (tertiary/aromatic N) is 2. The maximum absolute atomic E-state index is 13.0. The third-order valence-electron chi connectivity index (χ3n) is 4.82. The molecule has 30 heavy (non-hydrogen) atoms. The van der Waals surface area contributed by atoms with Gasteiger partial charge in [-0.2, -0.15) is 0 Å². The molecule has 0 aromatic heterocycles. The molecule has 0 unspecified atom stereocenters. The fraction of sp³-hybridized carbons (Fsp3) is 0.316. The van der Waals surface area contributed by atoms with Gasteiger partial charge in [-0.1, -0.05) is 0 Å². The Balaban J connectivity index is 2.02. The normalized spacial score (nSPS) is 14.2. The van der Waals surface area contributed by atoms with Gasteiger partial charge in [-0.3, -0.25) is 9.52 Å². The summed E-state index contributed by atoms with van der Waals surface area (Å²) >= 11 is 0. The molecular formula is C19H24N4O5S2. The fourth-order valence-corrected chi connectivity index (χ4v) is 5.19. The molecule has 162 valence electrons. The van der Waals surface area contributed by atoms with E-state index in [1.807, 2.05) is 6.92 Å². The second kappa shape index (κ2) is 7.89. The van der Waals surface area contributed by atoms with Crippen molar-refractivity contribution < 1.29 is 21.6 Å². The van der Waals surface area contributed by atoms with Gasteiger partial charge in [0.15, 0.2) is 0 Å². The number of rotatable bonds is 7. The second-order valence-corrected chi connectivity index (χ2v) is 10.9. The van der Waals surface area contributed by atoms with Crippen molar-refractivity contribution in [3.63, 3.8) is 0 Å². The van der Waals surface area contributed by atoms with Gasteiger partial charge in [-0.25, -0.2) is 21.1 Å². The van der Waals surface area contributed by atoms with Gasteiger partial charge in [-0.15, -0.1) is 0 Å². The second-order valence-electron chi connectivity index (χ2n) is 7.05. The number of fused-ring (bicyclic) bond motifs is 1. The van der Waals surface area contributed by atoms with Crippen LogP contribution in [0.2, 0.25) is 0 Å². The SMILES string of the molecule is CCNc1ccc(S(=O)(=O)N(C)C)cc1NS(=O)(=O)c1ccc2c(c1)CC(=O)N2C. The Bertz CT molecular complexity index is 1210. The first-order chi connectivity index (χ1) is 14.0. The molecule has 2 aromatic carbocycles. The number of sulfonamides is 2. The van der Waals surface area contributed by atoms with Crippen LogP contribution in [0.5, 0.6) is 0 Å². The van der Waals surface area contributed by atoms with E-state index in [4.69, 9.17) is 0 Å². The van der Waals surface area contributed by atoms with E-state index >= 15 is 0 Å². The first-order valence-electron chi connectivity index (χ1n) is 9.20. The molecule has 3 rings (SSSR count). The molecule has 1 aliphatic heterocycles. The molecule has 0 radical (unpaired) electrons. The Morgan fingerprint density at radius 2 is 1.67 bits per heavy atom. The summed E-state index contributed by atoms with van der Waals surface area (Å²) in [5, 5.41) is 3.02. The summed E-state index contributed by atoms with van der Waals surface area (Å²) in [6.07, 6.45) is 0.133. The molecule has 0 saturated carbocycles. The number of carbonyl (C=O) groups is 1. The zero-order chi connectivity index (χ0) is 22.3. The Labute approximate surface area is 176 Å². The van der Waals surface area contributed by atoms with Gasteiger partial charge in [0.2, 0.25) is 15.9 Å². The standard InChI is InChI=1S/C19H24N4O5S2/c1-5-20-16-8-6-15(30(27,28)22(2)3)12-17(16)21-29(25,26)14-7-9-18-13(10-14)11-19(24)23(18)4/h6-10,12,20-21H,5,11H2,1-4H3. The topological polar surface area (TPSA) is 116 Å². The predicted octanol–water partition coefficient (Wildman–Crippen LogP) is 1.69. The van der Waals surface area contributed by atoms with E-state index in [0.717, 1.165) is 4.31 Å². The van der Waals surface area contributed by atoms with E-state index in [0.29, 0.717) is 23.5 Å². The summed E-state index contributed by atoms with van der Waals surface area (Å²) < 4.78 is 54.5. The van der Waals surface area contributed by atoms with Crippen LogP contribution in [0.15, 0.2) is 46.2 Å². The highest BCUT2D eigenvalue weighted by atomic mass is 32.2. The summed E-state index contributed by atoms with van der Waals surface area (Å²) in [5.74, 6) is -0.108. The largest absolute Gasteiger partial charge is 0.384 e. The van der Waals surface area contributed by atoms with Crippen LogP contribution < -0.4 is 14.9 Å². The van der Waals surface area contributed by atoms with Crippen molar-refractivity contribution in [2.45, 2.75) is 23.1 Å². The molecule has 0 spiro atoms. The third kappa shape index (κ3) is 4.00. The van der Waals surface area contributed by atoms with Crippen LogP contribution in [0.25, 0.3) is 0 Å². The van der Waals surface area contributed by atoms with Crippen LogP contribution in [0.4, 0.5) is 17.1 Å². The zero-order valence-electron chi connectivity index (χ0n) is 17.1. The number of hydrogen-bond acceptors (Lipinski definition) is 6. The monoisotopic (exact) mass is 452 g/mol. The van der Waals surface area contributed by atoms with Crippen molar-refractivity contribution in [1.82, 2.24) is 4.31 Å². The van der Waals surface area contributed by atoms with E-state index in [1.165, 1.54) is 49.3 Å². The predicted molar refractivity (Wildman–Crippen MR) is 116 cm³/mol. The fourth-order valence-electron chi connectivity index (χ4n) is 3.14. The Morgan fingerprint density at radius 3 is 2.30 bits per heavy atom. The maximum atomic E-state index is 13.0. The minimum atomic E-state index is -4.02. The molecule has 0 saturated heterocycles. The lowest BCUT2D eigenvalue weighted by Gasteiger charge is -2.17. The number of carbonyl (C=O) groups excluding carboxylic acids is 1. The van der Waals surface area contributed by atoms with Crippen LogP contribution in [0.1, 0.15) is 12.5 Å². The minimum absolute atomic E-state index is 0.00679. The lowest BCUT2D eigenvalue weighted by molar-refractivity contribution is -0.117. The van der Waals surface area contributed by atoms with Gasteiger partial charge in [0.05, 0.1) is 27.6 Å². The quantitative estimate of drug-likeness (QED) is 0.660. The number of likely N-dealkylation sites (N-methyl/N-ethyl adjacent to an activating group) is 1. The molecular weight excluding hydrogens is 428 g/mol. The summed E-state index contributed by atoms with van der Waals surface area (Å²) in [6, 6.07) is 8.70. The highest BCUT2D eigenvalue weighted by Crippen LogP contribution is 2.32. The minimum Gasteiger partial charge on any atom is -0.384 e. The van der Waals surface area contributed by atoms with Crippen molar-refractivity contribution >= 4 is 43.0 Å². The average molecular weight is 453 g/mol. The smallest absolute Gasteiger partial charge is 0.261 e. The molecule has 1 aliphatic rings. The van der Waals surface area contributed by atoms with Gasteiger partial charge in [0.1, 0.15) is 0 Å². The first-order valence-corrected chi connectivity index (χ1v) is 12.1. The number of benzene rings is 2. The number of amides is 1. The van der Waals surface area contributed by atoms with Crippen LogP contribution in [0, 0.1) is 0 Å². The molecule has 0 aliphatic carbocycles. The average Bonchev–Trinajstić information content (AvgIpc) is 2.96. The van der Waals surface area contributed by atoms with Gasteiger partial charge >= 0.3 is 0 Å². The van der Waals surface area contributed by atoms with Crippen molar-refractivity contribution in [2.75, 3.05) is 42.6 Å². The molecule has 0 bridgehead atoms. The highest BCUT2D eigenvalue weighted by Gasteiger charge is 2.27. The van der Waals surface area contributed by atoms with E-state index < -0.39 is 20.0 Å². The maximum Gasteiger partial charge on any atom is 0.261 e. The first kappa shape index (κ1) is 22.1. The molecule has 2 aromatic rings. The van der Waals surface area contributed by atoms with Crippen molar-refractivity contribution in [3.8, 4) is 0 Å². The van der Waals surface area contributed by atoms with E-state index in [-0.39, 0.29) is 27.8 Å². The van der Waals surface area contributed by atoms with Crippen molar-refractivity contribution in [3.05, 3.63) is 42.0 Å². The van der Waals surface area contributed by atoms with Gasteiger partial charge in [0, 0.05) is 33.4 Å². The Hall–Kier alpha value is -2.63. The lowest BCUT2D eigenvalue weighted by Crippen LogP contribution is -2.23. The molecule has 1 heterocycles. The van der Waals surface area contributed by atoms with Gasteiger partial charge < -0.3 is 10.2 Å². The van der Waals surface area contributed by atoms with Crippen LogP contribution in [0.3, 0.4) is 0 Å². The number of hydrogen-bond donors (Lipinski definition) is 2. The summed E-state index contributed by atoms with van der Waals surface area (Å²) in [6.45, 7) is 2.36. The number of anilines is 3. The van der Waals surface area contributed by atoms with Gasteiger partial charge in [0.25, 0.3) is 10.0 Å². The molecule has 9 nitrogen and oxygen atoms in total. The van der Waals surface area contributed by atoms with E-state index in [2.05, 4.69) is 10.0 Å². The zero-order valence-corrected chi connectivity index (χ0v) is 18.8. The molecule has 0 fully saturated rings. The van der Waals surface area contributed by atoms with E-state index in [9.17, 15) is 21.6 Å². The van der Waals surface area contributed by atoms with Crippen molar-refractivity contribution in [2.24, 2.45) is 0 Å². The summed E-state index contributed by atoms with van der Waals surface area (Å²) in [5.41, 5.74) is 1.87. The van der Waals surface area contributed by atoms with Crippen molar-refractivity contribution in [1.29, 1.82) is 0 Å². The molecule has 1 amide bonds. The van der Waals surface area contributed by atoms with Gasteiger partial charge in [-0.05, 0) is 48.9 Å². The number of nitrogens with one attached hydrogen (secondary N) is 2. The van der Waals surface area contributed by atoms with Crippen LogP contribution >= 0.6 is 0 Å². The van der Waals surface area contributed by atoms with Crippen LogP contribution in [-0.4, -0.2) is 54.7 Å². The molecule has 0 atom stereocenters. The molecule has 11 heteroatoms. The summed E-state index contributed by atoms with van der Waals surface area (Å²) in [7, 11) is -3.32. The Morgan fingerprint density at radius 1 is 1.00 bits per heavy atom. The van der Waals surface area contributed by atoms with Crippen LogP contribution in [-0.2, 0) is 31.3 Å². The summed E-state index contributed by atoms with van der Waals surface area (Å²) in [4.78, 5) is 13.3. The Kier molecular flexibility index (Phi) is 5.81. The third-order valence-corrected chi connectivity index (χ3v) is 7.99. The molecule has 2 N–H and O–H groups in total. The van der Waals surface area contributed by atoms with E-state index in [1.54, 1.807) is 13.1 Å². The highest BCUT2D eigenvalue weighted by molar-refractivity contribution is 7.92.